The van der Waals surface area contributed by atoms with E-state index in [9.17, 15) is 0 Å². The summed E-state index contributed by atoms with van der Waals surface area (Å²) < 4.78 is 0. The van der Waals surface area contributed by atoms with Gasteiger partial charge in [-0.15, -0.1) is 0 Å². The topological polar surface area (TPSA) is 91.0 Å². The first-order valence-corrected chi connectivity index (χ1v) is 16.4. The van der Waals surface area contributed by atoms with Gasteiger partial charge in [0.05, 0.1) is 6.67 Å². The summed E-state index contributed by atoms with van der Waals surface area (Å²) in [5.74, 6) is 1.67. The standard InChI is InChI=1S/C21H45N3.C10H24N4/c1-6-10-12-19(8-3)14-23-16-21(5,22)17-24(18-23)15-20(9-4)13-11-7-2;11-3-1-5-13-7-9-14(10-8-13)6-2-4-12/h19-20H,6-18,22H2,1-5H3;1-12H2. The van der Waals surface area contributed by atoms with Crippen LogP contribution in [0.4, 0.5) is 0 Å². The minimum Gasteiger partial charge on any atom is -0.330 e. The van der Waals surface area contributed by atoms with Gasteiger partial charge in [0.25, 0.3) is 0 Å². The number of nitrogens with zero attached hydrogens (tertiary/aromatic N) is 4. The number of rotatable bonds is 18. The van der Waals surface area contributed by atoms with Crippen LogP contribution in [0.25, 0.3) is 0 Å². The molecule has 0 aromatic heterocycles. The van der Waals surface area contributed by atoms with Crippen molar-refractivity contribution in [1.82, 2.24) is 19.6 Å². The van der Waals surface area contributed by atoms with Gasteiger partial charge in [-0.05, 0) is 70.6 Å². The van der Waals surface area contributed by atoms with E-state index >= 15 is 0 Å². The molecule has 0 amide bonds. The Hall–Kier alpha value is -0.280. The summed E-state index contributed by atoms with van der Waals surface area (Å²) in [6.07, 6.45) is 13.0. The first-order chi connectivity index (χ1) is 18.3. The molecule has 2 saturated heterocycles. The molecule has 228 valence electrons. The van der Waals surface area contributed by atoms with Crippen LogP contribution in [-0.4, -0.2) is 110 Å². The number of piperazine rings is 1. The molecule has 0 aromatic carbocycles. The highest BCUT2D eigenvalue weighted by atomic mass is 15.4. The Labute approximate surface area is 238 Å². The number of hydrogen-bond donors (Lipinski definition) is 3. The Kier molecular flexibility index (Phi) is 20.2. The molecule has 0 bridgehead atoms. The van der Waals surface area contributed by atoms with Crippen molar-refractivity contribution in [3.05, 3.63) is 0 Å². The van der Waals surface area contributed by atoms with Gasteiger partial charge in [-0.3, -0.25) is 9.80 Å². The fourth-order valence-electron chi connectivity index (χ4n) is 6.13. The lowest BCUT2D eigenvalue weighted by Crippen LogP contribution is -2.63. The zero-order valence-corrected chi connectivity index (χ0v) is 26.4. The summed E-state index contributed by atoms with van der Waals surface area (Å²) in [4.78, 5) is 10.3. The molecule has 2 rings (SSSR count). The molecule has 2 aliphatic rings. The van der Waals surface area contributed by atoms with Crippen LogP contribution >= 0.6 is 0 Å². The van der Waals surface area contributed by atoms with Crippen LogP contribution < -0.4 is 17.2 Å². The fraction of sp³-hybridized carbons (Fsp3) is 1.00. The summed E-state index contributed by atoms with van der Waals surface area (Å²) in [5.41, 5.74) is 17.5. The Morgan fingerprint density at radius 3 is 1.34 bits per heavy atom. The van der Waals surface area contributed by atoms with Crippen molar-refractivity contribution >= 4 is 0 Å². The maximum atomic E-state index is 6.61. The van der Waals surface area contributed by atoms with Crippen molar-refractivity contribution in [2.24, 2.45) is 29.0 Å². The average molecular weight is 540 g/mol. The van der Waals surface area contributed by atoms with Crippen LogP contribution in [0.5, 0.6) is 0 Å². The highest BCUT2D eigenvalue weighted by Gasteiger charge is 2.33. The molecule has 2 atom stereocenters. The maximum Gasteiger partial charge on any atom is 0.0507 e. The lowest BCUT2D eigenvalue weighted by atomic mass is 9.94. The van der Waals surface area contributed by atoms with Crippen molar-refractivity contribution in [1.29, 1.82) is 0 Å². The van der Waals surface area contributed by atoms with E-state index in [2.05, 4.69) is 54.2 Å². The number of unbranched alkanes of at least 4 members (excludes halogenated alkanes) is 2. The van der Waals surface area contributed by atoms with E-state index in [0.29, 0.717) is 0 Å². The zero-order chi connectivity index (χ0) is 28.2. The molecular formula is C31H69N7. The van der Waals surface area contributed by atoms with Crippen LogP contribution in [0.3, 0.4) is 0 Å². The predicted octanol–water partition coefficient (Wildman–Crippen LogP) is 4.01. The monoisotopic (exact) mass is 540 g/mol. The Bertz CT molecular complexity index is 492. The van der Waals surface area contributed by atoms with E-state index in [1.807, 2.05) is 0 Å². The second kappa shape index (κ2) is 21.5. The van der Waals surface area contributed by atoms with Gasteiger partial charge >= 0.3 is 0 Å². The summed E-state index contributed by atoms with van der Waals surface area (Å²) in [7, 11) is 0. The zero-order valence-electron chi connectivity index (χ0n) is 26.4. The molecule has 0 spiro atoms. The Morgan fingerprint density at radius 1 is 0.632 bits per heavy atom. The van der Waals surface area contributed by atoms with Crippen LogP contribution in [0, 0.1) is 11.8 Å². The van der Waals surface area contributed by atoms with Crippen LogP contribution in [0.1, 0.15) is 98.8 Å². The molecule has 0 radical (unpaired) electrons. The third-order valence-electron chi connectivity index (χ3n) is 8.51. The molecular weight excluding hydrogens is 470 g/mol. The van der Waals surface area contributed by atoms with Crippen LogP contribution in [0.2, 0.25) is 0 Å². The molecule has 2 unspecified atom stereocenters. The summed E-state index contributed by atoms with van der Waals surface area (Å²) in [6.45, 7) is 26.0. The van der Waals surface area contributed by atoms with E-state index < -0.39 is 0 Å². The molecule has 0 aliphatic carbocycles. The SMILES string of the molecule is CCCCC(CC)CN1CN(CC(CC)CCCC)CC(C)(N)C1.NCCCN1CCN(CCCN)CC1. The minimum absolute atomic E-state index is 0.0651. The van der Waals surface area contributed by atoms with Gasteiger partial charge in [-0.2, -0.15) is 0 Å². The van der Waals surface area contributed by atoms with Gasteiger partial charge in [0.15, 0.2) is 0 Å². The van der Waals surface area contributed by atoms with Crippen LogP contribution in [-0.2, 0) is 0 Å². The van der Waals surface area contributed by atoms with Gasteiger partial charge in [-0.25, -0.2) is 0 Å². The first kappa shape index (κ1) is 35.7. The quantitative estimate of drug-likeness (QED) is 0.242. The van der Waals surface area contributed by atoms with Crippen molar-refractivity contribution < 1.29 is 0 Å². The highest BCUT2D eigenvalue weighted by Crippen LogP contribution is 2.22. The van der Waals surface area contributed by atoms with Gasteiger partial charge in [0.2, 0.25) is 0 Å². The van der Waals surface area contributed by atoms with E-state index in [1.54, 1.807) is 0 Å². The highest BCUT2D eigenvalue weighted by molar-refractivity contribution is 4.91. The number of nitrogens with two attached hydrogens (primary N) is 3. The van der Waals surface area contributed by atoms with E-state index in [0.717, 1.165) is 57.5 Å². The molecule has 7 nitrogen and oxygen atoms in total. The summed E-state index contributed by atoms with van der Waals surface area (Å²) in [6, 6.07) is 0. The molecule has 2 aliphatic heterocycles. The molecule has 38 heavy (non-hydrogen) atoms. The lowest BCUT2D eigenvalue weighted by Gasteiger charge is -2.46. The van der Waals surface area contributed by atoms with Crippen molar-refractivity contribution in [3.63, 3.8) is 0 Å². The van der Waals surface area contributed by atoms with E-state index in [-0.39, 0.29) is 5.54 Å². The second-order valence-corrected chi connectivity index (χ2v) is 12.6. The van der Waals surface area contributed by atoms with Gasteiger partial charge < -0.3 is 27.0 Å². The molecule has 7 heteroatoms. The maximum absolute atomic E-state index is 6.61. The Balaban J connectivity index is 0.000000437. The van der Waals surface area contributed by atoms with Crippen molar-refractivity contribution in [2.75, 3.05) is 85.2 Å². The third-order valence-corrected chi connectivity index (χ3v) is 8.51. The smallest absolute Gasteiger partial charge is 0.0507 e. The largest absolute Gasteiger partial charge is 0.330 e. The first-order valence-electron chi connectivity index (χ1n) is 16.4. The lowest BCUT2D eigenvalue weighted by molar-refractivity contribution is 0.0182. The van der Waals surface area contributed by atoms with Crippen molar-refractivity contribution in [3.8, 4) is 0 Å². The van der Waals surface area contributed by atoms with E-state index in [1.165, 1.54) is 104 Å². The molecule has 6 N–H and O–H groups in total. The Morgan fingerprint density at radius 2 is 1.03 bits per heavy atom. The van der Waals surface area contributed by atoms with Gasteiger partial charge in [0.1, 0.15) is 0 Å². The van der Waals surface area contributed by atoms with Gasteiger partial charge in [0, 0.05) is 57.9 Å². The molecule has 0 saturated carbocycles. The summed E-state index contributed by atoms with van der Waals surface area (Å²) in [5, 5.41) is 0. The average Bonchev–Trinajstić information content (AvgIpc) is 2.91. The molecule has 2 fully saturated rings. The molecule has 2 heterocycles. The third kappa shape index (κ3) is 16.1. The normalized spacial score (nSPS) is 23.7. The second-order valence-electron chi connectivity index (χ2n) is 12.6. The summed E-state index contributed by atoms with van der Waals surface area (Å²) >= 11 is 0. The molecule has 0 aromatic rings. The van der Waals surface area contributed by atoms with Gasteiger partial charge in [-0.1, -0.05) is 66.2 Å². The number of hydrogen-bond acceptors (Lipinski definition) is 7. The fourth-order valence-corrected chi connectivity index (χ4v) is 6.13. The van der Waals surface area contributed by atoms with Crippen LogP contribution in [0.15, 0.2) is 0 Å². The predicted molar refractivity (Wildman–Crippen MR) is 167 cm³/mol. The van der Waals surface area contributed by atoms with E-state index in [4.69, 9.17) is 17.2 Å². The minimum atomic E-state index is -0.0651. The van der Waals surface area contributed by atoms with Crippen molar-refractivity contribution in [2.45, 2.75) is 104 Å².